The SMILES string of the molecule is CCc1ccc(C2CCCCN2N(C(=O)CCCCC(=O)OC)c2ccccc2)cc1. The topological polar surface area (TPSA) is 49.9 Å². The Kier molecular flexibility index (Phi) is 8.65. The van der Waals surface area contributed by atoms with Crippen LogP contribution >= 0.6 is 0 Å². The number of amides is 1. The Morgan fingerprint density at radius 1 is 1.00 bits per heavy atom. The molecule has 1 aliphatic rings. The van der Waals surface area contributed by atoms with Gasteiger partial charge in [-0.15, -0.1) is 0 Å². The van der Waals surface area contributed by atoms with Gasteiger partial charge in [-0.1, -0.05) is 55.8 Å². The standard InChI is InChI=1S/C26H34N2O3/c1-3-21-16-18-22(19-17-21)24-13-9-10-20-27(24)28(23-11-5-4-6-12-23)25(29)14-7-8-15-26(30)31-2/h4-6,11-12,16-19,24H,3,7-10,13-15,20H2,1-2H3. The highest BCUT2D eigenvalue weighted by Crippen LogP contribution is 2.35. The van der Waals surface area contributed by atoms with Gasteiger partial charge in [0.1, 0.15) is 0 Å². The summed E-state index contributed by atoms with van der Waals surface area (Å²) in [6.07, 6.45) is 6.37. The van der Waals surface area contributed by atoms with Crippen LogP contribution in [-0.4, -0.2) is 30.5 Å². The van der Waals surface area contributed by atoms with Gasteiger partial charge in [-0.2, -0.15) is 0 Å². The largest absolute Gasteiger partial charge is 0.469 e. The minimum atomic E-state index is -0.223. The third-order valence-electron chi connectivity index (χ3n) is 5.99. The van der Waals surface area contributed by atoms with Crippen molar-refractivity contribution in [2.75, 3.05) is 18.7 Å². The van der Waals surface area contributed by atoms with Crippen molar-refractivity contribution in [2.45, 2.75) is 64.3 Å². The van der Waals surface area contributed by atoms with Crippen molar-refractivity contribution in [1.82, 2.24) is 5.01 Å². The average molecular weight is 423 g/mol. The molecule has 2 aromatic rings. The predicted octanol–water partition coefficient (Wildman–Crippen LogP) is 5.46. The third kappa shape index (κ3) is 6.17. The Hall–Kier alpha value is -2.66. The number of hydrogen-bond acceptors (Lipinski definition) is 4. The number of ether oxygens (including phenoxy) is 1. The summed E-state index contributed by atoms with van der Waals surface area (Å²) in [5.41, 5.74) is 3.49. The molecule has 1 atom stereocenters. The zero-order valence-electron chi connectivity index (χ0n) is 18.8. The molecular weight excluding hydrogens is 388 g/mol. The van der Waals surface area contributed by atoms with Gasteiger partial charge in [0.05, 0.1) is 18.8 Å². The number of aryl methyl sites for hydroxylation is 1. The fourth-order valence-electron chi connectivity index (χ4n) is 4.23. The molecule has 0 spiro atoms. The van der Waals surface area contributed by atoms with Crippen LogP contribution in [0.5, 0.6) is 0 Å². The maximum atomic E-state index is 13.4. The number of unbranched alkanes of at least 4 members (excludes halogenated alkanes) is 1. The van der Waals surface area contributed by atoms with E-state index in [9.17, 15) is 9.59 Å². The van der Waals surface area contributed by atoms with E-state index in [-0.39, 0.29) is 17.9 Å². The van der Waals surface area contributed by atoms with E-state index in [2.05, 4.69) is 36.2 Å². The molecular formula is C26H34N2O3. The van der Waals surface area contributed by atoms with E-state index in [1.165, 1.54) is 18.2 Å². The van der Waals surface area contributed by atoms with Crippen LogP contribution in [0.25, 0.3) is 0 Å². The summed E-state index contributed by atoms with van der Waals surface area (Å²) in [5.74, 6) is -0.146. The molecule has 1 fully saturated rings. The fraction of sp³-hybridized carbons (Fsp3) is 0.462. The van der Waals surface area contributed by atoms with E-state index in [0.717, 1.165) is 37.9 Å². The molecule has 1 saturated heterocycles. The van der Waals surface area contributed by atoms with Gasteiger partial charge < -0.3 is 4.74 Å². The smallest absolute Gasteiger partial charge is 0.305 e. The number of para-hydroxylation sites is 1. The van der Waals surface area contributed by atoms with E-state index < -0.39 is 0 Å². The molecule has 1 amide bonds. The second-order valence-electron chi connectivity index (χ2n) is 8.09. The van der Waals surface area contributed by atoms with Gasteiger partial charge in [-0.25, -0.2) is 10.0 Å². The van der Waals surface area contributed by atoms with Gasteiger partial charge in [0.15, 0.2) is 0 Å². The number of carbonyl (C=O) groups is 2. The number of piperidine rings is 1. The number of hydrogen-bond donors (Lipinski definition) is 0. The number of carbonyl (C=O) groups excluding carboxylic acids is 2. The lowest BCUT2D eigenvalue weighted by molar-refractivity contribution is -0.140. The van der Waals surface area contributed by atoms with Crippen molar-refractivity contribution in [1.29, 1.82) is 0 Å². The van der Waals surface area contributed by atoms with E-state index in [1.807, 2.05) is 35.3 Å². The molecule has 5 nitrogen and oxygen atoms in total. The van der Waals surface area contributed by atoms with E-state index in [4.69, 9.17) is 4.74 Å². The van der Waals surface area contributed by atoms with Crippen LogP contribution in [0.2, 0.25) is 0 Å². The Bertz CT molecular complexity index is 835. The van der Waals surface area contributed by atoms with Crippen LogP contribution in [-0.2, 0) is 20.7 Å². The fourth-order valence-corrected chi connectivity index (χ4v) is 4.23. The van der Waals surface area contributed by atoms with E-state index >= 15 is 0 Å². The second kappa shape index (κ2) is 11.7. The van der Waals surface area contributed by atoms with Crippen molar-refractivity contribution in [2.24, 2.45) is 0 Å². The number of nitrogens with zero attached hydrogens (tertiary/aromatic N) is 2. The Morgan fingerprint density at radius 2 is 1.71 bits per heavy atom. The van der Waals surface area contributed by atoms with Crippen molar-refractivity contribution in [3.05, 3.63) is 65.7 Å². The van der Waals surface area contributed by atoms with Gasteiger partial charge in [-0.05, 0) is 55.4 Å². The molecule has 0 aliphatic carbocycles. The lowest BCUT2D eigenvalue weighted by Gasteiger charge is -2.43. The number of methoxy groups -OCH3 is 1. The van der Waals surface area contributed by atoms with Crippen LogP contribution in [0.4, 0.5) is 5.69 Å². The number of hydrazine groups is 1. The molecule has 5 heteroatoms. The van der Waals surface area contributed by atoms with Crippen molar-refractivity contribution >= 4 is 17.6 Å². The number of rotatable bonds is 9. The molecule has 0 bridgehead atoms. The third-order valence-corrected chi connectivity index (χ3v) is 5.99. The molecule has 166 valence electrons. The molecule has 31 heavy (non-hydrogen) atoms. The summed E-state index contributed by atoms with van der Waals surface area (Å²) in [7, 11) is 1.40. The van der Waals surface area contributed by atoms with Gasteiger partial charge in [0.2, 0.25) is 5.91 Å². The van der Waals surface area contributed by atoms with Crippen LogP contribution < -0.4 is 5.01 Å². The highest BCUT2D eigenvalue weighted by Gasteiger charge is 2.32. The summed E-state index contributed by atoms with van der Waals surface area (Å²) in [6, 6.07) is 18.9. The van der Waals surface area contributed by atoms with Crippen LogP contribution in [0.1, 0.15) is 69.0 Å². The van der Waals surface area contributed by atoms with Crippen molar-refractivity contribution in [3.8, 4) is 0 Å². The average Bonchev–Trinajstić information content (AvgIpc) is 2.83. The first kappa shape index (κ1) is 23.0. The molecule has 1 aliphatic heterocycles. The second-order valence-corrected chi connectivity index (χ2v) is 8.09. The van der Waals surface area contributed by atoms with Crippen LogP contribution in [0.15, 0.2) is 54.6 Å². The summed E-state index contributed by atoms with van der Waals surface area (Å²) < 4.78 is 4.71. The summed E-state index contributed by atoms with van der Waals surface area (Å²) >= 11 is 0. The molecule has 3 rings (SSSR count). The van der Waals surface area contributed by atoms with Crippen LogP contribution in [0.3, 0.4) is 0 Å². The molecule has 0 radical (unpaired) electrons. The minimum absolute atomic E-state index is 0.0770. The normalized spacial score (nSPS) is 16.6. The molecule has 0 aromatic heterocycles. The summed E-state index contributed by atoms with van der Waals surface area (Å²) in [6.45, 7) is 3.01. The molecule has 0 saturated carbocycles. The van der Waals surface area contributed by atoms with Gasteiger partial charge in [0, 0.05) is 19.4 Å². The van der Waals surface area contributed by atoms with Crippen LogP contribution in [0, 0.1) is 0 Å². The highest BCUT2D eigenvalue weighted by atomic mass is 16.5. The lowest BCUT2D eigenvalue weighted by atomic mass is 9.95. The summed E-state index contributed by atoms with van der Waals surface area (Å²) in [5, 5.41) is 4.14. The quantitative estimate of drug-likeness (QED) is 0.398. The van der Waals surface area contributed by atoms with Gasteiger partial charge >= 0.3 is 5.97 Å². The Labute approximate surface area is 186 Å². The van der Waals surface area contributed by atoms with Crippen molar-refractivity contribution in [3.63, 3.8) is 0 Å². The zero-order chi connectivity index (χ0) is 22.1. The van der Waals surface area contributed by atoms with Gasteiger partial charge in [-0.3, -0.25) is 9.59 Å². The monoisotopic (exact) mass is 422 g/mol. The summed E-state index contributed by atoms with van der Waals surface area (Å²) in [4.78, 5) is 24.8. The minimum Gasteiger partial charge on any atom is -0.469 e. The first-order valence-electron chi connectivity index (χ1n) is 11.4. The highest BCUT2D eigenvalue weighted by molar-refractivity contribution is 5.92. The Morgan fingerprint density at radius 3 is 2.39 bits per heavy atom. The zero-order valence-corrected chi connectivity index (χ0v) is 18.8. The maximum Gasteiger partial charge on any atom is 0.305 e. The number of benzene rings is 2. The first-order valence-corrected chi connectivity index (χ1v) is 11.4. The predicted molar refractivity (Wildman–Crippen MR) is 124 cm³/mol. The number of esters is 1. The van der Waals surface area contributed by atoms with Gasteiger partial charge in [0.25, 0.3) is 0 Å². The Balaban J connectivity index is 1.80. The first-order chi connectivity index (χ1) is 15.1. The lowest BCUT2D eigenvalue weighted by Crippen LogP contribution is -2.50. The molecule has 1 heterocycles. The number of anilines is 1. The molecule has 0 N–H and O–H groups in total. The van der Waals surface area contributed by atoms with E-state index in [0.29, 0.717) is 25.7 Å². The van der Waals surface area contributed by atoms with Crippen molar-refractivity contribution < 1.29 is 14.3 Å². The molecule has 2 aromatic carbocycles. The van der Waals surface area contributed by atoms with E-state index in [1.54, 1.807) is 0 Å². The molecule has 1 unspecified atom stereocenters. The maximum absolute atomic E-state index is 13.4.